The second-order valence-corrected chi connectivity index (χ2v) is 5.83. The molecule has 0 bridgehead atoms. The van der Waals surface area contributed by atoms with E-state index in [-0.39, 0.29) is 5.56 Å². The number of aromatic nitrogens is 2. The van der Waals surface area contributed by atoms with E-state index in [1.165, 1.54) is 18.2 Å². The second-order valence-electron chi connectivity index (χ2n) is 5.40. The maximum absolute atomic E-state index is 13.8. The van der Waals surface area contributed by atoms with Gasteiger partial charge in [0.15, 0.2) is 5.78 Å². The SMILES string of the molecule is Cc1ccc(C(=O)/C=C/c2cc(-c3ccc(Cl)cc3)n[nH]2)c(F)c1. The summed E-state index contributed by atoms with van der Waals surface area (Å²) >= 11 is 5.86. The summed E-state index contributed by atoms with van der Waals surface area (Å²) in [6.45, 7) is 1.77. The fraction of sp³-hybridized carbons (Fsp3) is 0.0526. The van der Waals surface area contributed by atoms with Crippen LogP contribution in [0.4, 0.5) is 4.39 Å². The van der Waals surface area contributed by atoms with Crippen molar-refractivity contribution in [2.75, 3.05) is 0 Å². The lowest BCUT2D eigenvalue weighted by atomic mass is 10.1. The molecule has 0 aliphatic heterocycles. The van der Waals surface area contributed by atoms with E-state index < -0.39 is 11.6 Å². The molecule has 2 aromatic carbocycles. The van der Waals surface area contributed by atoms with Gasteiger partial charge in [-0.05, 0) is 55.0 Å². The average Bonchev–Trinajstić information content (AvgIpc) is 3.02. The fourth-order valence-corrected chi connectivity index (χ4v) is 2.39. The molecular formula is C19H14ClFN2O. The lowest BCUT2D eigenvalue weighted by molar-refractivity contribution is 0.104. The standard InChI is InChI=1S/C19H14ClFN2O/c1-12-2-8-16(17(21)10-12)19(24)9-7-15-11-18(23-22-15)13-3-5-14(20)6-4-13/h2-11H,1H3,(H,22,23)/b9-7+. The zero-order valence-corrected chi connectivity index (χ0v) is 13.6. The van der Waals surface area contributed by atoms with E-state index in [4.69, 9.17) is 11.6 Å². The zero-order valence-electron chi connectivity index (χ0n) is 12.9. The number of benzene rings is 2. The third kappa shape index (κ3) is 3.60. The topological polar surface area (TPSA) is 45.8 Å². The van der Waals surface area contributed by atoms with Gasteiger partial charge in [-0.25, -0.2) is 4.39 Å². The molecule has 3 aromatic rings. The summed E-state index contributed by atoms with van der Waals surface area (Å²) in [5, 5.41) is 7.68. The van der Waals surface area contributed by atoms with Crippen LogP contribution in [0.25, 0.3) is 17.3 Å². The van der Waals surface area contributed by atoms with E-state index in [1.54, 1.807) is 37.3 Å². The van der Waals surface area contributed by atoms with Crippen LogP contribution in [0.15, 0.2) is 54.6 Å². The maximum atomic E-state index is 13.8. The van der Waals surface area contributed by atoms with Crippen LogP contribution in [0.5, 0.6) is 0 Å². The van der Waals surface area contributed by atoms with Gasteiger partial charge < -0.3 is 0 Å². The molecule has 1 heterocycles. The monoisotopic (exact) mass is 340 g/mol. The molecule has 24 heavy (non-hydrogen) atoms. The van der Waals surface area contributed by atoms with Gasteiger partial charge >= 0.3 is 0 Å². The first-order valence-electron chi connectivity index (χ1n) is 7.33. The van der Waals surface area contributed by atoms with Gasteiger partial charge in [0.1, 0.15) is 5.82 Å². The van der Waals surface area contributed by atoms with E-state index in [1.807, 2.05) is 12.1 Å². The van der Waals surface area contributed by atoms with E-state index >= 15 is 0 Å². The highest BCUT2D eigenvalue weighted by Crippen LogP contribution is 2.20. The van der Waals surface area contributed by atoms with E-state index in [9.17, 15) is 9.18 Å². The average molecular weight is 341 g/mol. The molecule has 1 aromatic heterocycles. The van der Waals surface area contributed by atoms with Gasteiger partial charge in [0.05, 0.1) is 17.0 Å². The van der Waals surface area contributed by atoms with Gasteiger partial charge in [-0.15, -0.1) is 0 Å². The molecule has 0 saturated carbocycles. The third-order valence-electron chi connectivity index (χ3n) is 3.54. The molecule has 5 heteroatoms. The van der Waals surface area contributed by atoms with Crippen LogP contribution in [-0.4, -0.2) is 16.0 Å². The Kier molecular flexibility index (Phi) is 4.58. The first-order chi connectivity index (χ1) is 11.5. The number of nitrogens with zero attached hydrogens (tertiary/aromatic N) is 1. The van der Waals surface area contributed by atoms with Crippen LogP contribution in [-0.2, 0) is 0 Å². The Morgan fingerprint density at radius 3 is 2.62 bits per heavy atom. The van der Waals surface area contributed by atoms with Crippen LogP contribution in [0, 0.1) is 12.7 Å². The minimum Gasteiger partial charge on any atom is -0.289 e. The van der Waals surface area contributed by atoms with Crippen molar-refractivity contribution in [3.8, 4) is 11.3 Å². The number of hydrogen-bond acceptors (Lipinski definition) is 2. The summed E-state index contributed by atoms with van der Waals surface area (Å²) in [6, 6.07) is 13.6. The summed E-state index contributed by atoms with van der Waals surface area (Å²) < 4.78 is 13.8. The highest BCUT2D eigenvalue weighted by atomic mass is 35.5. The number of hydrogen-bond donors (Lipinski definition) is 1. The third-order valence-corrected chi connectivity index (χ3v) is 3.79. The van der Waals surface area contributed by atoms with Crippen LogP contribution >= 0.6 is 11.6 Å². The molecule has 0 spiro atoms. The smallest absolute Gasteiger partial charge is 0.188 e. The summed E-state index contributed by atoms with van der Waals surface area (Å²) in [5.41, 5.74) is 3.12. The van der Waals surface area contributed by atoms with Crippen molar-refractivity contribution in [2.45, 2.75) is 6.92 Å². The number of allylic oxidation sites excluding steroid dienone is 1. The van der Waals surface area contributed by atoms with Gasteiger partial charge in [-0.1, -0.05) is 29.8 Å². The Hall–Kier alpha value is -2.72. The highest BCUT2D eigenvalue weighted by Gasteiger charge is 2.09. The number of rotatable bonds is 4. The molecule has 0 amide bonds. The van der Waals surface area contributed by atoms with Gasteiger partial charge in [0, 0.05) is 10.6 Å². The first-order valence-corrected chi connectivity index (χ1v) is 7.70. The Labute approximate surface area is 143 Å². The number of nitrogens with one attached hydrogen (secondary N) is 1. The molecule has 0 atom stereocenters. The first kappa shape index (κ1) is 16.1. The number of halogens is 2. The van der Waals surface area contributed by atoms with Crippen LogP contribution in [0.2, 0.25) is 5.02 Å². The number of carbonyl (C=O) groups is 1. The van der Waals surface area contributed by atoms with Crippen molar-refractivity contribution in [3.05, 3.63) is 82.3 Å². The lowest BCUT2D eigenvalue weighted by Gasteiger charge is -1.99. The van der Waals surface area contributed by atoms with Crippen molar-refractivity contribution in [2.24, 2.45) is 0 Å². The van der Waals surface area contributed by atoms with Crippen molar-refractivity contribution >= 4 is 23.5 Å². The molecule has 1 N–H and O–H groups in total. The lowest BCUT2D eigenvalue weighted by Crippen LogP contribution is -1.98. The number of H-pyrrole nitrogens is 1. The van der Waals surface area contributed by atoms with Crippen LogP contribution < -0.4 is 0 Å². The van der Waals surface area contributed by atoms with Crippen molar-refractivity contribution in [1.29, 1.82) is 0 Å². The normalized spacial score (nSPS) is 11.1. The zero-order chi connectivity index (χ0) is 17.1. The summed E-state index contributed by atoms with van der Waals surface area (Å²) in [6.07, 6.45) is 2.90. The Bertz CT molecular complexity index is 913. The minimum absolute atomic E-state index is 0.0503. The van der Waals surface area contributed by atoms with Gasteiger partial charge in [-0.2, -0.15) is 5.10 Å². The molecule has 3 rings (SSSR count). The fourth-order valence-electron chi connectivity index (χ4n) is 2.27. The molecule has 0 saturated heterocycles. The largest absolute Gasteiger partial charge is 0.289 e. The van der Waals surface area contributed by atoms with Crippen molar-refractivity contribution in [1.82, 2.24) is 10.2 Å². The minimum atomic E-state index is -0.517. The number of carbonyl (C=O) groups excluding carboxylic acids is 1. The molecule has 0 unspecified atom stereocenters. The van der Waals surface area contributed by atoms with Crippen LogP contribution in [0.1, 0.15) is 21.6 Å². The van der Waals surface area contributed by atoms with Gasteiger partial charge in [0.2, 0.25) is 0 Å². The van der Waals surface area contributed by atoms with Crippen LogP contribution in [0.3, 0.4) is 0 Å². The number of aromatic amines is 1. The Balaban J connectivity index is 1.77. The molecule has 0 fully saturated rings. The summed E-state index contributed by atoms with van der Waals surface area (Å²) in [4.78, 5) is 12.1. The molecule has 0 aliphatic rings. The Morgan fingerprint density at radius 1 is 1.17 bits per heavy atom. The molecular weight excluding hydrogens is 327 g/mol. The van der Waals surface area contributed by atoms with E-state index in [2.05, 4.69) is 10.2 Å². The molecule has 0 aliphatic carbocycles. The summed E-state index contributed by atoms with van der Waals surface area (Å²) in [5.74, 6) is -0.911. The maximum Gasteiger partial charge on any atom is 0.188 e. The molecule has 120 valence electrons. The van der Waals surface area contributed by atoms with Gasteiger partial charge in [0.25, 0.3) is 0 Å². The quantitative estimate of drug-likeness (QED) is 0.532. The summed E-state index contributed by atoms with van der Waals surface area (Å²) in [7, 11) is 0. The van der Waals surface area contributed by atoms with Gasteiger partial charge in [-0.3, -0.25) is 9.89 Å². The van der Waals surface area contributed by atoms with Crippen molar-refractivity contribution < 1.29 is 9.18 Å². The second kappa shape index (κ2) is 6.81. The number of aryl methyl sites for hydroxylation is 1. The Morgan fingerprint density at radius 2 is 1.92 bits per heavy atom. The molecule has 3 nitrogen and oxygen atoms in total. The molecule has 0 radical (unpaired) electrons. The number of ketones is 1. The van der Waals surface area contributed by atoms with E-state index in [0.29, 0.717) is 10.7 Å². The predicted molar refractivity (Wildman–Crippen MR) is 93.5 cm³/mol. The predicted octanol–water partition coefficient (Wildman–Crippen LogP) is 5.07. The van der Waals surface area contributed by atoms with E-state index in [0.717, 1.165) is 16.8 Å². The van der Waals surface area contributed by atoms with Crippen molar-refractivity contribution in [3.63, 3.8) is 0 Å². The highest BCUT2D eigenvalue weighted by molar-refractivity contribution is 6.30.